The summed E-state index contributed by atoms with van der Waals surface area (Å²) in [7, 11) is 0. The fourth-order valence-electron chi connectivity index (χ4n) is 2.18. The van der Waals surface area contributed by atoms with Crippen LogP contribution >= 0.6 is 11.3 Å². The summed E-state index contributed by atoms with van der Waals surface area (Å²) in [5.74, 6) is 0. The highest BCUT2D eigenvalue weighted by Crippen LogP contribution is 2.32. The number of aromatic nitrogens is 1. The molecule has 0 aliphatic rings. The molecular formula is C14H20N2S. The summed E-state index contributed by atoms with van der Waals surface area (Å²) in [4.78, 5) is 4.70. The molecule has 17 heavy (non-hydrogen) atoms. The molecule has 0 radical (unpaired) electrons. The van der Waals surface area contributed by atoms with Gasteiger partial charge in [0.1, 0.15) is 0 Å². The van der Waals surface area contributed by atoms with Crippen LogP contribution in [-0.4, -0.2) is 11.5 Å². The van der Waals surface area contributed by atoms with Gasteiger partial charge in [0.25, 0.3) is 0 Å². The second-order valence-electron chi connectivity index (χ2n) is 4.66. The number of fused-ring (bicyclic) bond motifs is 1. The fourth-order valence-corrected chi connectivity index (χ4v) is 3.32. The van der Waals surface area contributed by atoms with Crippen LogP contribution in [0.15, 0.2) is 24.3 Å². The number of hydrogen-bond acceptors (Lipinski definition) is 3. The molecule has 0 fully saturated rings. The third-order valence-corrected chi connectivity index (χ3v) is 4.83. The van der Waals surface area contributed by atoms with Crippen molar-refractivity contribution in [3.63, 3.8) is 0 Å². The summed E-state index contributed by atoms with van der Waals surface area (Å²) in [6.45, 7) is 5.20. The van der Waals surface area contributed by atoms with Crippen LogP contribution in [0.2, 0.25) is 0 Å². The third kappa shape index (κ3) is 2.50. The zero-order valence-electron chi connectivity index (χ0n) is 10.6. The number of thiazole rings is 1. The minimum atomic E-state index is 0.230. The van der Waals surface area contributed by atoms with E-state index < -0.39 is 0 Å². The van der Waals surface area contributed by atoms with Crippen molar-refractivity contribution in [3.05, 3.63) is 29.3 Å². The van der Waals surface area contributed by atoms with Crippen molar-refractivity contribution in [3.8, 4) is 0 Å². The van der Waals surface area contributed by atoms with E-state index in [-0.39, 0.29) is 5.41 Å². The van der Waals surface area contributed by atoms with Crippen molar-refractivity contribution in [1.82, 2.24) is 4.98 Å². The molecule has 1 heterocycles. The average molecular weight is 248 g/mol. The van der Waals surface area contributed by atoms with Crippen LogP contribution in [0.1, 0.15) is 31.7 Å². The Morgan fingerprint density at radius 2 is 1.94 bits per heavy atom. The predicted octanol–water partition coefficient (Wildman–Crippen LogP) is 3.60. The highest BCUT2D eigenvalue weighted by Gasteiger charge is 2.26. The lowest BCUT2D eigenvalue weighted by atomic mass is 9.79. The van der Waals surface area contributed by atoms with Gasteiger partial charge in [-0.05, 0) is 36.9 Å². The molecule has 0 spiro atoms. The molecule has 0 unspecified atom stereocenters. The summed E-state index contributed by atoms with van der Waals surface area (Å²) in [5.41, 5.74) is 7.29. The van der Waals surface area contributed by atoms with Gasteiger partial charge in [0, 0.05) is 6.42 Å². The Kier molecular flexibility index (Phi) is 3.79. The molecule has 0 aliphatic carbocycles. The zero-order valence-corrected chi connectivity index (χ0v) is 11.4. The van der Waals surface area contributed by atoms with Crippen molar-refractivity contribution in [2.24, 2.45) is 11.1 Å². The van der Waals surface area contributed by atoms with E-state index in [0.717, 1.165) is 31.3 Å². The van der Waals surface area contributed by atoms with Gasteiger partial charge in [-0.25, -0.2) is 4.98 Å². The monoisotopic (exact) mass is 248 g/mol. The minimum absolute atomic E-state index is 0.230. The van der Waals surface area contributed by atoms with Crippen LogP contribution in [0.4, 0.5) is 0 Å². The van der Waals surface area contributed by atoms with Crippen molar-refractivity contribution in [2.45, 2.75) is 33.1 Å². The lowest BCUT2D eigenvalue weighted by molar-refractivity contribution is 0.271. The molecular weight excluding hydrogens is 228 g/mol. The Bertz CT molecular complexity index is 444. The first-order chi connectivity index (χ1) is 8.23. The van der Waals surface area contributed by atoms with Gasteiger partial charge >= 0.3 is 0 Å². The number of rotatable bonds is 5. The molecule has 1 aromatic heterocycles. The van der Waals surface area contributed by atoms with Gasteiger partial charge in [0.15, 0.2) is 0 Å². The Balaban J connectivity index is 2.28. The molecule has 2 N–H and O–H groups in total. The number of para-hydroxylation sites is 1. The second-order valence-corrected chi connectivity index (χ2v) is 5.78. The molecule has 0 aliphatic heterocycles. The van der Waals surface area contributed by atoms with E-state index in [4.69, 9.17) is 10.7 Å². The largest absolute Gasteiger partial charge is 0.330 e. The number of nitrogens with two attached hydrogens (primary N) is 1. The number of benzene rings is 1. The summed E-state index contributed by atoms with van der Waals surface area (Å²) in [6.07, 6.45) is 3.25. The van der Waals surface area contributed by atoms with Gasteiger partial charge in [-0.15, -0.1) is 11.3 Å². The molecule has 2 rings (SSSR count). The molecule has 92 valence electrons. The second kappa shape index (κ2) is 5.15. The normalized spacial score (nSPS) is 12.2. The first-order valence-electron chi connectivity index (χ1n) is 6.27. The van der Waals surface area contributed by atoms with Crippen LogP contribution in [0, 0.1) is 5.41 Å². The summed E-state index contributed by atoms with van der Waals surface area (Å²) in [5, 5.41) is 1.22. The first-order valence-corrected chi connectivity index (χ1v) is 7.09. The van der Waals surface area contributed by atoms with Gasteiger partial charge in [-0.1, -0.05) is 26.0 Å². The van der Waals surface area contributed by atoms with E-state index in [1.165, 1.54) is 9.71 Å². The topological polar surface area (TPSA) is 38.9 Å². The molecule has 0 atom stereocenters. The van der Waals surface area contributed by atoms with Crippen molar-refractivity contribution >= 4 is 21.6 Å². The van der Waals surface area contributed by atoms with Crippen LogP contribution in [0.5, 0.6) is 0 Å². The van der Waals surface area contributed by atoms with Gasteiger partial charge in [0.05, 0.1) is 15.2 Å². The maximum Gasteiger partial charge on any atom is 0.0944 e. The Labute approximate surface area is 107 Å². The van der Waals surface area contributed by atoms with E-state index in [0.29, 0.717) is 0 Å². The smallest absolute Gasteiger partial charge is 0.0944 e. The van der Waals surface area contributed by atoms with Crippen molar-refractivity contribution in [1.29, 1.82) is 0 Å². The van der Waals surface area contributed by atoms with E-state index in [1.807, 2.05) is 6.07 Å². The van der Waals surface area contributed by atoms with E-state index in [1.54, 1.807) is 11.3 Å². The molecule has 0 bridgehead atoms. The SMILES string of the molecule is CCC(CC)(CN)Cc1nc2ccccc2s1. The number of hydrogen-bond donors (Lipinski definition) is 1. The third-order valence-electron chi connectivity index (χ3n) is 3.80. The highest BCUT2D eigenvalue weighted by atomic mass is 32.1. The van der Waals surface area contributed by atoms with Crippen LogP contribution in [0.25, 0.3) is 10.2 Å². The molecule has 0 saturated carbocycles. The molecule has 3 heteroatoms. The maximum atomic E-state index is 5.95. The molecule has 0 amide bonds. The average Bonchev–Trinajstić information content (AvgIpc) is 2.78. The van der Waals surface area contributed by atoms with Crippen LogP contribution in [-0.2, 0) is 6.42 Å². The van der Waals surface area contributed by atoms with E-state index >= 15 is 0 Å². The first kappa shape index (κ1) is 12.5. The Hall–Kier alpha value is -0.930. The lowest BCUT2D eigenvalue weighted by Gasteiger charge is -2.28. The lowest BCUT2D eigenvalue weighted by Crippen LogP contribution is -2.31. The zero-order chi connectivity index (χ0) is 12.3. The quantitative estimate of drug-likeness (QED) is 0.878. The molecule has 2 nitrogen and oxygen atoms in total. The summed E-state index contributed by atoms with van der Waals surface area (Å²) < 4.78 is 1.28. The fraction of sp³-hybridized carbons (Fsp3) is 0.500. The van der Waals surface area contributed by atoms with Crippen molar-refractivity contribution in [2.75, 3.05) is 6.54 Å². The van der Waals surface area contributed by atoms with Gasteiger partial charge in [-0.2, -0.15) is 0 Å². The van der Waals surface area contributed by atoms with Crippen LogP contribution in [0.3, 0.4) is 0 Å². The Morgan fingerprint density at radius 1 is 1.24 bits per heavy atom. The number of nitrogens with zero attached hydrogens (tertiary/aromatic N) is 1. The van der Waals surface area contributed by atoms with E-state index in [9.17, 15) is 0 Å². The van der Waals surface area contributed by atoms with Gasteiger partial charge < -0.3 is 5.73 Å². The van der Waals surface area contributed by atoms with Gasteiger partial charge in [0.2, 0.25) is 0 Å². The van der Waals surface area contributed by atoms with E-state index in [2.05, 4.69) is 32.0 Å². The van der Waals surface area contributed by atoms with Gasteiger partial charge in [-0.3, -0.25) is 0 Å². The van der Waals surface area contributed by atoms with Crippen molar-refractivity contribution < 1.29 is 0 Å². The Morgan fingerprint density at radius 3 is 2.53 bits per heavy atom. The maximum absolute atomic E-state index is 5.95. The summed E-state index contributed by atoms with van der Waals surface area (Å²) >= 11 is 1.80. The predicted molar refractivity (Wildman–Crippen MR) is 75.4 cm³/mol. The highest BCUT2D eigenvalue weighted by molar-refractivity contribution is 7.18. The molecule has 0 saturated heterocycles. The minimum Gasteiger partial charge on any atom is -0.330 e. The molecule has 2 aromatic rings. The molecule has 1 aromatic carbocycles. The summed E-state index contributed by atoms with van der Waals surface area (Å²) in [6, 6.07) is 8.33. The van der Waals surface area contributed by atoms with Crippen LogP contribution < -0.4 is 5.73 Å². The standard InChI is InChI=1S/C14H20N2S/c1-3-14(4-2,10-15)9-13-16-11-7-5-6-8-12(11)17-13/h5-8H,3-4,9-10,15H2,1-2H3.